The lowest BCUT2D eigenvalue weighted by Crippen LogP contribution is -2.46. The number of aromatic nitrogens is 2. The highest BCUT2D eigenvalue weighted by molar-refractivity contribution is 7.80. The number of thiocarbonyl (C=S) groups is 1. The van der Waals surface area contributed by atoms with Crippen molar-refractivity contribution in [3.63, 3.8) is 0 Å². The van der Waals surface area contributed by atoms with Crippen LogP contribution in [0.2, 0.25) is 0 Å². The van der Waals surface area contributed by atoms with E-state index < -0.39 is 6.04 Å². The number of nitrogens with one attached hydrogen (secondary N) is 1. The molecule has 0 aliphatic carbocycles. The van der Waals surface area contributed by atoms with Gasteiger partial charge in [0, 0.05) is 17.8 Å². The third-order valence-electron chi connectivity index (χ3n) is 6.01. The zero-order valence-electron chi connectivity index (χ0n) is 18.9. The topological polar surface area (TPSA) is 54.2 Å². The summed E-state index contributed by atoms with van der Waals surface area (Å²) in [6.07, 6.45) is 0.785. The average Bonchev–Trinajstić information content (AvgIpc) is 3.34. The van der Waals surface area contributed by atoms with E-state index in [0.717, 1.165) is 23.3 Å². The summed E-state index contributed by atoms with van der Waals surface area (Å²) in [5, 5.41) is 8.01. The second-order valence-corrected chi connectivity index (χ2v) is 8.64. The molecule has 1 aliphatic rings. The molecule has 5 rings (SSSR count). The van der Waals surface area contributed by atoms with E-state index in [1.54, 1.807) is 24.3 Å². The zero-order chi connectivity index (χ0) is 24.4. The Morgan fingerprint density at radius 3 is 2.49 bits per heavy atom. The van der Waals surface area contributed by atoms with Crippen molar-refractivity contribution in [3.8, 4) is 11.4 Å². The summed E-state index contributed by atoms with van der Waals surface area (Å²) < 4.78 is 33.1. The third-order valence-corrected chi connectivity index (χ3v) is 6.34. The molecule has 1 aromatic heterocycles. The van der Waals surface area contributed by atoms with Gasteiger partial charge in [0.15, 0.2) is 5.11 Å². The van der Waals surface area contributed by atoms with Crippen LogP contribution < -0.4 is 5.32 Å². The van der Waals surface area contributed by atoms with Crippen molar-refractivity contribution in [2.75, 3.05) is 6.54 Å². The van der Waals surface area contributed by atoms with Crippen molar-refractivity contribution in [2.45, 2.75) is 19.4 Å². The number of hydrogen-bond donors (Lipinski definition) is 1. The van der Waals surface area contributed by atoms with Crippen molar-refractivity contribution in [1.82, 2.24) is 20.4 Å². The molecule has 0 amide bonds. The molecule has 1 aliphatic heterocycles. The molecule has 3 aromatic carbocycles. The Hall–Kier alpha value is -3.91. The number of allylic oxidation sites excluding steroid dienone is 1. The van der Waals surface area contributed by atoms with Gasteiger partial charge in [-0.15, -0.1) is 0 Å². The first-order chi connectivity index (χ1) is 17.0. The lowest BCUT2D eigenvalue weighted by atomic mass is 9.94. The SMILES string of the molecule is CC1=C(c2nc(-c3cccc(F)c3)no2)C(c2ccc(F)cc2)NC(=S)N1CCc1ccccc1. The quantitative estimate of drug-likeness (QED) is 0.340. The third kappa shape index (κ3) is 4.83. The highest BCUT2D eigenvalue weighted by Gasteiger charge is 2.34. The molecular formula is C27H22F2N4OS. The largest absolute Gasteiger partial charge is 0.351 e. The van der Waals surface area contributed by atoms with Crippen LogP contribution in [0.15, 0.2) is 89.1 Å². The van der Waals surface area contributed by atoms with Crippen LogP contribution >= 0.6 is 12.2 Å². The van der Waals surface area contributed by atoms with Crippen LogP contribution in [0, 0.1) is 11.6 Å². The molecule has 1 atom stereocenters. The van der Waals surface area contributed by atoms with Crippen LogP contribution in [0.3, 0.4) is 0 Å². The molecule has 0 spiro atoms. The molecule has 0 fully saturated rings. The van der Waals surface area contributed by atoms with Crippen molar-refractivity contribution < 1.29 is 13.3 Å². The van der Waals surface area contributed by atoms with Gasteiger partial charge in [0.2, 0.25) is 5.82 Å². The molecule has 0 bridgehead atoms. The van der Waals surface area contributed by atoms with E-state index in [2.05, 4.69) is 27.6 Å². The summed E-state index contributed by atoms with van der Waals surface area (Å²) >= 11 is 5.72. The fraction of sp³-hybridized carbons (Fsp3) is 0.148. The Balaban J connectivity index is 1.55. The fourth-order valence-corrected chi connectivity index (χ4v) is 4.54. The predicted octanol–water partition coefficient (Wildman–Crippen LogP) is 5.92. The lowest BCUT2D eigenvalue weighted by molar-refractivity contribution is 0.397. The van der Waals surface area contributed by atoms with Gasteiger partial charge in [-0.2, -0.15) is 4.98 Å². The Labute approximate surface area is 207 Å². The summed E-state index contributed by atoms with van der Waals surface area (Å²) in [6, 6.07) is 22.0. The molecule has 176 valence electrons. The van der Waals surface area contributed by atoms with E-state index in [1.165, 1.54) is 29.8 Å². The van der Waals surface area contributed by atoms with Gasteiger partial charge in [0.25, 0.3) is 5.89 Å². The molecule has 8 heteroatoms. The minimum absolute atomic E-state index is 0.279. The first-order valence-electron chi connectivity index (χ1n) is 11.2. The van der Waals surface area contributed by atoms with Crippen molar-refractivity contribution in [3.05, 3.63) is 113 Å². The monoisotopic (exact) mass is 488 g/mol. The normalized spacial score (nSPS) is 15.9. The Morgan fingerprint density at radius 1 is 0.971 bits per heavy atom. The minimum atomic E-state index is -0.420. The first kappa shape index (κ1) is 22.9. The molecule has 2 heterocycles. The summed E-state index contributed by atoms with van der Waals surface area (Å²) in [4.78, 5) is 6.58. The smallest absolute Gasteiger partial charge is 0.258 e. The minimum Gasteiger partial charge on any atom is -0.351 e. The summed E-state index contributed by atoms with van der Waals surface area (Å²) in [5.41, 5.74) is 4.09. The van der Waals surface area contributed by atoms with Crippen LogP contribution in [-0.4, -0.2) is 26.7 Å². The molecular weight excluding hydrogens is 466 g/mol. The van der Waals surface area contributed by atoms with Gasteiger partial charge in [-0.05, 0) is 61.0 Å². The van der Waals surface area contributed by atoms with Crippen molar-refractivity contribution in [1.29, 1.82) is 0 Å². The first-order valence-corrected chi connectivity index (χ1v) is 11.6. The van der Waals surface area contributed by atoms with Gasteiger partial charge in [0.1, 0.15) is 11.6 Å². The van der Waals surface area contributed by atoms with Crippen LogP contribution in [0.4, 0.5) is 8.78 Å². The lowest BCUT2D eigenvalue weighted by Gasteiger charge is -2.37. The number of halogens is 2. The van der Waals surface area contributed by atoms with E-state index >= 15 is 0 Å². The van der Waals surface area contributed by atoms with Crippen LogP contribution in [0.1, 0.15) is 30.0 Å². The Bertz CT molecular complexity index is 1390. The zero-order valence-corrected chi connectivity index (χ0v) is 19.7. The van der Waals surface area contributed by atoms with Crippen molar-refractivity contribution in [2.24, 2.45) is 0 Å². The summed E-state index contributed by atoms with van der Waals surface area (Å²) in [7, 11) is 0. The number of benzene rings is 3. The maximum Gasteiger partial charge on any atom is 0.258 e. The fourth-order valence-electron chi connectivity index (χ4n) is 4.20. The number of rotatable bonds is 6. The molecule has 1 N–H and O–H groups in total. The summed E-state index contributed by atoms with van der Waals surface area (Å²) in [5.74, 6) is -0.146. The highest BCUT2D eigenvalue weighted by atomic mass is 32.1. The maximum absolute atomic E-state index is 13.8. The second kappa shape index (κ2) is 9.76. The standard InChI is InChI=1S/C27H22F2N4OS/c1-17-23(26-31-25(32-34-26)20-8-5-9-22(29)16-20)24(19-10-12-21(28)13-11-19)30-27(35)33(17)15-14-18-6-3-2-4-7-18/h2-13,16,24H,14-15H2,1H3,(H,30,35). The Kier molecular flexibility index (Phi) is 6.37. The van der Waals surface area contributed by atoms with E-state index in [9.17, 15) is 8.78 Å². The van der Waals surface area contributed by atoms with Gasteiger partial charge in [0.05, 0.1) is 11.6 Å². The molecule has 1 unspecified atom stereocenters. The predicted molar refractivity (Wildman–Crippen MR) is 134 cm³/mol. The van der Waals surface area contributed by atoms with E-state index in [0.29, 0.717) is 17.2 Å². The van der Waals surface area contributed by atoms with Gasteiger partial charge in [-0.1, -0.05) is 59.8 Å². The molecule has 4 aromatic rings. The average molecular weight is 489 g/mol. The maximum atomic E-state index is 13.8. The van der Waals surface area contributed by atoms with Crippen LogP contribution in [0.25, 0.3) is 17.0 Å². The van der Waals surface area contributed by atoms with Gasteiger partial charge in [-0.25, -0.2) is 8.78 Å². The molecule has 0 saturated heterocycles. The van der Waals surface area contributed by atoms with Gasteiger partial charge in [-0.3, -0.25) is 0 Å². The van der Waals surface area contributed by atoms with Gasteiger partial charge < -0.3 is 14.7 Å². The highest BCUT2D eigenvalue weighted by Crippen LogP contribution is 2.37. The van der Waals surface area contributed by atoms with E-state index in [1.807, 2.05) is 30.0 Å². The van der Waals surface area contributed by atoms with E-state index in [4.69, 9.17) is 16.7 Å². The van der Waals surface area contributed by atoms with Crippen LogP contribution in [-0.2, 0) is 6.42 Å². The van der Waals surface area contributed by atoms with Crippen LogP contribution in [0.5, 0.6) is 0 Å². The Morgan fingerprint density at radius 2 is 1.74 bits per heavy atom. The molecule has 0 saturated carbocycles. The molecule has 0 radical (unpaired) electrons. The number of nitrogens with zero attached hydrogens (tertiary/aromatic N) is 3. The summed E-state index contributed by atoms with van der Waals surface area (Å²) in [6.45, 7) is 2.60. The second-order valence-electron chi connectivity index (χ2n) is 8.25. The molecule has 35 heavy (non-hydrogen) atoms. The van der Waals surface area contributed by atoms with E-state index in [-0.39, 0.29) is 23.3 Å². The molecule has 5 nitrogen and oxygen atoms in total. The van der Waals surface area contributed by atoms with Gasteiger partial charge >= 0.3 is 0 Å². The number of hydrogen-bond acceptors (Lipinski definition) is 4. The van der Waals surface area contributed by atoms with Crippen molar-refractivity contribution >= 4 is 22.9 Å².